The van der Waals surface area contributed by atoms with Crippen LogP contribution in [-0.4, -0.2) is 39.0 Å². The van der Waals surface area contributed by atoms with Gasteiger partial charge in [-0.15, -0.1) is 0 Å². The minimum Gasteiger partial charge on any atom is -0.459 e. The van der Waals surface area contributed by atoms with Gasteiger partial charge in [0.2, 0.25) is 0 Å². The molecule has 0 bridgehead atoms. The van der Waals surface area contributed by atoms with Crippen molar-refractivity contribution in [3.63, 3.8) is 0 Å². The molecule has 1 aromatic carbocycles. The summed E-state index contributed by atoms with van der Waals surface area (Å²) in [5, 5.41) is 14.7. The number of nitrogens with one attached hydrogen (secondary N) is 1. The van der Waals surface area contributed by atoms with Crippen LogP contribution in [0.1, 0.15) is 17.6 Å². The molecule has 1 aliphatic rings. The maximum Gasteiger partial charge on any atom is 0.280 e. The third-order valence-corrected chi connectivity index (χ3v) is 4.90. The number of aryl methyl sites for hydroxylation is 1. The van der Waals surface area contributed by atoms with Crippen LogP contribution in [0.25, 0.3) is 11.3 Å². The van der Waals surface area contributed by atoms with E-state index in [1.54, 1.807) is 24.3 Å². The number of benzene rings is 1. The second-order valence-corrected chi connectivity index (χ2v) is 6.63. The Balaban J connectivity index is 1.57. The summed E-state index contributed by atoms with van der Waals surface area (Å²) in [5.74, 6) is 2.30. The molecular formula is C19H21N5O3. The lowest BCUT2D eigenvalue weighted by Gasteiger charge is -2.35. The predicted octanol–water partition coefficient (Wildman–Crippen LogP) is 2.73. The van der Waals surface area contributed by atoms with Gasteiger partial charge in [0.15, 0.2) is 0 Å². The molecule has 1 N–H and O–H groups in total. The smallest absolute Gasteiger partial charge is 0.280 e. The first-order valence-electron chi connectivity index (χ1n) is 8.88. The van der Waals surface area contributed by atoms with Crippen molar-refractivity contribution >= 4 is 5.69 Å². The molecule has 1 saturated heterocycles. The Kier molecular flexibility index (Phi) is 4.74. The molecule has 4 rings (SSSR count). The minimum absolute atomic E-state index is 0.0476. The van der Waals surface area contributed by atoms with E-state index in [-0.39, 0.29) is 16.7 Å². The minimum atomic E-state index is -0.384. The Morgan fingerprint density at radius 1 is 1.33 bits per heavy atom. The van der Waals surface area contributed by atoms with E-state index in [9.17, 15) is 10.1 Å². The van der Waals surface area contributed by atoms with Crippen LogP contribution in [0.2, 0.25) is 0 Å². The van der Waals surface area contributed by atoms with Gasteiger partial charge in [0, 0.05) is 45.1 Å². The van der Waals surface area contributed by atoms with Crippen LogP contribution in [0, 0.1) is 10.1 Å². The molecule has 1 fully saturated rings. The summed E-state index contributed by atoms with van der Waals surface area (Å²) in [6.45, 7) is 3.22. The third kappa shape index (κ3) is 3.49. The number of hydrogen-bond acceptors (Lipinski definition) is 6. The first kappa shape index (κ1) is 17.4. The van der Waals surface area contributed by atoms with Crippen molar-refractivity contribution in [2.24, 2.45) is 7.05 Å². The summed E-state index contributed by atoms with van der Waals surface area (Å²) in [6.07, 6.45) is 3.75. The highest BCUT2D eigenvalue weighted by atomic mass is 16.6. The number of nitro groups is 1. The summed E-state index contributed by atoms with van der Waals surface area (Å²) in [7, 11) is 1.99. The van der Waals surface area contributed by atoms with Crippen LogP contribution in [0.3, 0.4) is 0 Å². The number of aromatic nitrogens is 2. The van der Waals surface area contributed by atoms with Crippen LogP contribution < -0.4 is 5.32 Å². The van der Waals surface area contributed by atoms with E-state index in [1.165, 1.54) is 6.07 Å². The van der Waals surface area contributed by atoms with Crippen LogP contribution in [0.4, 0.5) is 5.69 Å². The molecule has 8 nitrogen and oxygen atoms in total. The summed E-state index contributed by atoms with van der Waals surface area (Å²) >= 11 is 0. The van der Waals surface area contributed by atoms with E-state index < -0.39 is 0 Å². The number of para-hydroxylation sites is 1. The largest absolute Gasteiger partial charge is 0.459 e. The van der Waals surface area contributed by atoms with Crippen LogP contribution in [-0.2, 0) is 13.6 Å². The van der Waals surface area contributed by atoms with Gasteiger partial charge in [0.25, 0.3) is 5.69 Å². The molecule has 0 saturated carbocycles. The summed E-state index contributed by atoms with van der Waals surface area (Å²) < 4.78 is 8.00. The molecule has 140 valence electrons. The van der Waals surface area contributed by atoms with Crippen molar-refractivity contribution < 1.29 is 9.34 Å². The number of piperazine rings is 1. The molecule has 8 heteroatoms. The molecule has 3 aromatic rings. The van der Waals surface area contributed by atoms with Gasteiger partial charge in [-0.3, -0.25) is 15.0 Å². The highest BCUT2D eigenvalue weighted by Gasteiger charge is 2.27. The second kappa shape index (κ2) is 7.34. The zero-order chi connectivity index (χ0) is 18.8. The third-order valence-electron chi connectivity index (χ3n) is 4.90. The van der Waals surface area contributed by atoms with Crippen molar-refractivity contribution in [3.8, 4) is 11.3 Å². The summed E-state index contributed by atoms with van der Waals surface area (Å²) in [4.78, 5) is 17.7. The number of hydrogen-bond donors (Lipinski definition) is 1. The highest BCUT2D eigenvalue weighted by molar-refractivity contribution is 5.69. The number of rotatable bonds is 5. The summed E-state index contributed by atoms with van der Waals surface area (Å²) in [6, 6.07) is 10.5. The van der Waals surface area contributed by atoms with Crippen molar-refractivity contribution in [3.05, 3.63) is 70.5 Å². The molecule has 0 radical (unpaired) electrons. The van der Waals surface area contributed by atoms with E-state index in [0.717, 1.165) is 31.2 Å². The lowest BCUT2D eigenvalue weighted by molar-refractivity contribution is -0.384. The van der Waals surface area contributed by atoms with Crippen molar-refractivity contribution in [2.45, 2.75) is 12.6 Å². The number of nitrogens with zero attached hydrogens (tertiary/aromatic N) is 4. The van der Waals surface area contributed by atoms with Crippen molar-refractivity contribution in [1.29, 1.82) is 0 Å². The Morgan fingerprint density at radius 3 is 2.96 bits per heavy atom. The maximum atomic E-state index is 11.3. The van der Waals surface area contributed by atoms with Crippen molar-refractivity contribution in [2.75, 3.05) is 19.6 Å². The van der Waals surface area contributed by atoms with E-state index >= 15 is 0 Å². The van der Waals surface area contributed by atoms with Gasteiger partial charge in [0.1, 0.15) is 17.3 Å². The van der Waals surface area contributed by atoms with Gasteiger partial charge in [-0.2, -0.15) is 0 Å². The Labute approximate surface area is 156 Å². The van der Waals surface area contributed by atoms with Gasteiger partial charge in [-0.25, -0.2) is 4.98 Å². The van der Waals surface area contributed by atoms with E-state index in [2.05, 4.69) is 15.2 Å². The van der Waals surface area contributed by atoms with E-state index in [1.807, 2.05) is 30.1 Å². The first-order valence-corrected chi connectivity index (χ1v) is 8.88. The normalized spacial score (nSPS) is 17.9. The Bertz CT molecular complexity index is 948. The lowest BCUT2D eigenvalue weighted by Crippen LogP contribution is -2.46. The van der Waals surface area contributed by atoms with Gasteiger partial charge < -0.3 is 14.3 Å². The molecule has 3 heterocycles. The van der Waals surface area contributed by atoms with Gasteiger partial charge in [-0.1, -0.05) is 12.1 Å². The van der Waals surface area contributed by atoms with E-state index in [0.29, 0.717) is 17.9 Å². The molecule has 1 unspecified atom stereocenters. The zero-order valence-corrected chi connectivity index (χ0v) is 15.0. The molecule has 1 aliphatic heterocycles. The van der Waals surface area contributed by atoms with Gasteiger partial charge in [-0.05, 0) is 18.2 Å². The fourth-order valence-corrected chi connectivity index (χ4v) is 3.54. The molecule has 0 amide bonds. The standard InChI is InChI=1S/C19H21N5O3/c1-22-10-9-21-19(22)17-12-20-8-11-23(17)13-14-6-7-18(27-14)15-4-2-3-5-16(15)24(25)26/h2-7,9-10,17,20H,8,11-13H2,1H3. The Hall–Kier alpha value is -2.97. The monoisotopic (exact) mass is 367 g/mol. The Morgan fingerprint density at radius 2 is 2.19 bits per heavy atom. The van der Waals surface area contributed by atoms with Gasteiger partial charge >= 0.3 is 0 Å². The highest BCUT2D eigenvalue weighted by Crippen LogP contribution is 2.32. The lowest BCUT2D eigenvalue weighted by atomic mass is 10.1. The molecule has 2 aromatic heterocycles. The topological polar surface area (TPSA) is 89.4 Å². The second-order valence-electron chi connectivity index (χ2n) is 6.63. The van der Waals surface area contributed by atoms with Crippen molar-refractivity contribution in [1.82, 2.24) is 19.8 Å². The fourth-order valence-electron chi connectivity index (χ4n) is 3.54. The molecule has 27 heavy (non-hydrogen) atoms. The van der Waals surface area contributed by atoms with Crippen LogP contribution in [0.15, 0.2) is 53.2 Å². The molecular weight excluding hydrogens is 346 g/mol. The average Bonchev–Trinajstić information content (AvgIpc) is 3.31. The average molecular weight is 367 g/mol. The summed E-state index contributed by atoms with van der Waals surface area (Å²) in [5.41, 5.74) is 0.543. The maximum absolute atomic E-state index is 11.3. The quantitative estimate of drug-likeness (QED) is 0.551. The number of imidazole rings is 1. The zero-order valence-electron chi connectivity index (χ0n) is 15.0. The predicted molar refractivity (Wildman–Crippen MR) is 100 cm³/mol. The van der Waals surface area contributed by atoms with Crippen LogP contribution in [0.5, 0.6) is 0 Å². The molecule has 0 aliphatic carbocycles. The fraction of sp³-hybridized carbons (Fsp3) is 0.316. The van der Waals surface area contributed by atoms with E-state index in [4.69, 9.17) is 4.42 Å². The SMILES string of the molecule is Cn1ccnc1C1CNCCN1Cc1ccc(-c2ccccc2[N+](=O)[O-])o1. The molecule has 1 atom stereocenters. The van der Waals surface area contributed by atoms with Crippen LogP contribution >= 0.6 is 0 Å². The number of furan rings is 1. The number of nitro benzene ring substituents is 1. The van der Waals surface area contributed by atoms with Gasteiger partial charge in [0.05, 0.1) is 23.1 Å². The molecule has 0 spiro atoms. The first-order chi connectivity index (χ1) is 13.1.